The van der Waals surface area contributed by atoms with Crippen molar-refractivity contribution in [3.05, 3.63) is 22.9 Å². The van der Waals surface area contributed by atoms with Crippen LogP contribution in [0.1, 0.15) is 30.7 Å². The molecule has 0 amide bonds. The molecule has 1 aromatic heterocycles. The van der Waals surface area contributed by atoms with E-state index in [4.69, 9.17) is 4.74 Å². The van der Waals surface area contributed by atoms with Gasteiger partial charge in [-0.25, -0.2) is 4.98 Å². The van der Waals surface area contributed by atoms with Gasteiger partial charge in [-0.05, 0) is 39.3 Å². The van der Waals surface area contributed by atoms with Crippen LogP contribution in [-0.4, -0.2) is 58.7 Å². The van der Waals surface area contributed by atoms with Crippen molar-refractivity contribution >= 4 is 11.8 Å². The first-order valence-corrected chi connectivity index (χ1v) is 8.94. The minimum Gasteiger partial charge on any atom is -0.391 e. The quantitative estimate of drug-likeness (QED) is 0.832. The van der Waals surface area contributed by atoms with E-state index < -0.39 is 6.10 Å². The molecule has 0 spiro atoms. The van der Waals surface area contributed by atoms with Crippen molar-refractivity contribution < 1.29 is 9.84 Å². The molecule has 0 aliphatic carbocycles. The summed E-state index contributed by atoms with van der Waals surface area (Å²) >= 11 is 1.46. The molecule has 1 aliphatic heterocycles. The maximum atomic E-state index is 10.3. The van der Waals surface area contributed by atoms with Crippen molar-refractivity contribution in [3.8, 4) is 6.07 Å². The van der Waals surface area contributed by atoms with E-state index in [0.717, 1.165) is 24.3 Å². The van der Waals surface area contributed by atoms with Crippen LogP contribution < -0.4 is 0 Å². The number of β-amino-alcohol motifs (C(OH)–C–C–N with tert-alkyl or cyclic N) is 1. The van der Waals surface area contributed by atoms with Crippen molar-refractivity contribution in [2.75, 3.05) is 25.4 Å². The van der Waals surface area contributed by atoms with Crippen LogP contribution in [0.25, 0.3) is 0 Å². The van der Waals surface area contributed by atoms with Crippen molar-refractivity contribution in [1.82, 2.24) is 9.88 Å². The number of aromatic nitrogens is 1. The third kappa shape index (κ3) is 5.18. The first-order chi connectivity index (χ1) is 10.9. The SMILES string of the molecule is Cc1cc(C)c(C#N)c(SC[C@H](O)CN2C[C@H](C)O[C@@H](C)C2)n1. The summed E-state index contributed by atoms with van der Waals surface area (Å²) in [5, 5.41) is 20.3. The number of thioether (sulfide) groups is 1. The number of ether oxygens (including phenoxy) is 1. The number of aryl methyl sites for hydroxylation is 2. The second-order valence-corrected chi connectivity index (χ2v) is 7.32. The molecular formula is C17H25N3O2S. The second-order valence-electron chi connectivity index (χ2n) is 6.31. The number of nitriles is 1. The van der Waals surface area contributed by atoms with Gasteiger partial charge in [0.15, 0.2) is 0 Å². The first kappa shape index (κ1) is 18.2. The Hall–Kier alpha value is -1.13. The summed E-state index contributed by atoms with van der Waals surface area (Å²) < 4.78 is 5.71. The summed E-state index contributed by atoms with van der Waals surface area (Å²) in [4.78, 5) is 6.68. The van der Waals surface area contributed by atoms with Crippen LogP contribution in [0, 0.1) is 25.2 Å². The molecule has 1 fully saturated rings. The van der Waals surface area contributed by atoms with E-state index >= 15 is 0 Å². The maximum Gasteiger partial charge on any atom is 0.114 e. The Morgan fingerprint density at radius 3 is 2.70 bits per heavy atom. The lowest BCUT2D eigenvalue weighted by Gasteiger charge is -2.36. The molecule has 23 heavy (non-hydrogen) atoms. The van der Waals surface area contributed by atoms with E-state index in [1.807, 2.05) is 19.9 Å². The fourth-order valence-electron chi connectivity index (χ4n) is 3.00. The third-order valence-electron chi connectivity index (χ3n) is 3.80. The van der Waals surface area contributed by atoms with Gasteiger partial charge < -0.3 is 9.84 Å². The van der Waals surface area contributed by atoms with E-state index in [1.54, 1.807) is 0 Å². The molecule has 6 heteroatoms. The molecule has 1 N–H and O–H groups in total. The van der Waals surface area contributed by atoms with Crippen LogP contribution in [0.4, 0.5) is 0 Å². The lowest BCUT2D eigenvalue weighted by Crippen LogP contribution is -2.48. The van der Waals surface area contributed by atoms with E-state index in [2.05, 4.69) is 29.8 Å². The Bertz CT molecular complexity index is 578. The molecule has 2 rings (SSSR count). The highest BCUT2D eigenvalue weighted by Crippen LogP contribution is 2.24. The van der Waals surface area contributed by atoms with Crippen LogP contribution in [0.2, 0.25) is 0 Å². The first-order valence-electron chi connectivity index (χ1n) is 7.96. The van der Waals surface area contributed by atoms with Gasteiger partial charge in [0.2, 0.25) is 0 Å². The minimum atomic E-state index is -0.452. The number of pyridine rings is 1. The van der Waals surface area contributed by atoms with Crippen molar-refractivity contribution in [2.24, 2.45) is 0 Å². The number of aliphatic hydroxyl groups is 1. The summed E-state index contributed by atoms with van der Waals surface area (Å²) in [6.07, 6.45) is -0.0542. The Morgan fingerprint density at radius 2 is 2.09 bits per heavy atom. The predicted octanol–water partition coefficient (Wildman–Crippen LogP) is 2.13. The number of hydrogen-bond acceptors (Lipinski definition) is 6. The van der Waals surface area contributed by atoms with Gasteiger partial charge in [-0.3, -0.25) is 4.90 Å². The maximum absolute atomic E-state index is 10.3. The zero-order chi connectivity index (χ0) is 17.0. The zero-order valence-corrected chi connectivity index (χ0v) is 15.1. The number of morpholine rings is 1. The molecule has 1 aromatic rings. The Morgan fingerprint density at radius 1 is 1.43 bits per heavy atom. The largest absolute Gasteiger partial charge is 0.391 e. The molecule has 0 saturated carbocycles. The number of aliphatic hydroxyl groups excluding tert-OH is 1. The van der Waals surface area contributed by atoms with Crippen LogP contribution in [0.3, 0.4) is 0 Å². The fraction of sp³-hybridized carbons (Fsp3) is 0.647. The topological polar surface area (TPSA) is 69.4 Å². The highest BCUT2D eigenvalue weighted by Gasteiger charge is 2.24. The summed E-state index contributed by atoms with van der Waals surface area (Å²) in [7, 11) is 0. The molecule has 0 aromatic carbocycles. The lowest BCUT2D eigenvalue weighted by atomic mass is 10.1. The van der Waals surface area contributed by atoms with E-state index in [1.165, 1.54) is 11.8 Å². The normalized spacial score (nSPS) is 23.5. The lowest BCUT2D eigenvalue weighted by molar-refractivity contribution is -0.0750. The van der Waals surface area contributed by atoms with Gasteiger partial charge in [-0.2, -0.15) is 5.26 Å². The van der Waals surface area contributed by atoms with E-state index in [0.29, 0.717) is 22.9 Å². The van der Waals surface area contributed by atoms with Crippen molar-refractivity contribution in [2.45, 2.75) is 51.0 Å². The Labute approximate surface area is 142 Å². The second kappa shape index (κ2) is 8.11. The molecule has 1 saturated heterocycles. The molecule has 0 radical (unpaired) electrons. The monoisotopic (exact) mass is 335 g/mol. The number of rotatable bonds is 5. The Kier molecular flexibility index (Phi) is 6.42. The number of hydrogen-bond donors (Lipinski definition) is 1. The summed E-state index contributed by atoms with van der Waals surface area (Å²) in [5.74, 6) is 0.532. The molecule has 5 nitrogen and oxygen atoms in total. The summed E-state index contributed by atoms with van der Waals surface area (Å²) in [6, 6.07) is 4.13. The summed E-state index contributed by atoms with van der Waals surface area (Å²) in [6.45, 7) is 10.3. The molecule has 2 heterocycles. The number of nitrogens with zero attached hydrogens (tertiary/aromatic N) is 3. The predicted molar refractivity (Wildman–Crippen MR) is 91.6 cm³/mol. The highest BCUT2D eigenvalue weighted by molar-refractivity contribution is 7.99. The molecule has 0 bridgehead atoms. The third-order valence-corrected chi connectivity index (χ3v) is 4.92. The van der Waals surface area contributed by atoms with Crippen molar-refractivity contribution in [1.29, 1.82) is 5.26 Å². The van der Waals surface area contributed by atoms with Crippen LogP contribution in [0.15, 0.2) is 11.1 Å². The van der Waals surface area contributed by atoms with Crippen LogP contribution in [-0.2, 0) is 4.74 Å². The van der Waals surface area contributed by atoms with E-state index in [-0.39, 0.29) is 12.2 Å². The minimum absolute atomic E-state index is 0.199. The molecular weight excluding hydrogens is 310 g/mol. The fourth-order valence-corrected chi connectivity index (χ4v) is 4.02. The molecule has 126 valence electrons. The van der Waals surface area contributed by atoms with Gasteiger partial charge in [-0.15, -0.1) is 11.8 Å². The van der Waals surface area contributed by atoms with Crippen molar-refractivity contribution in [3.63, 3.8) is 0 Å². The Balaban J connectivity index is 1.92. The highest BCUT2D eigenvalue weighted by atomic mass is 32.2. The van der Waals surface area contributed by atoms with Gasteiger partial charge in [0.05, 0.1) is 23.9 Å². The smallest absolute Gasteiger partial charge is 0.114 e. The van der Waals surface area contributed by atoms with Gasteiger partial charge in [0.1, 0.15) is 11.1 Å². The van der Waals surface area contributed by atoms with Crippen LogP contribution >= 0.6 is 11.8 Å². The molecule has 0 unspecified atom stereocenters. The molecule has 3 atom stereocenters. The van der Waals surface area contributed by atoms with Gasteiger partial charge in [0, 0.05) is 31.1 Å². The molecule has 1 aliphatic rings. The average molecular weight is 335 g/mol. The average Bonchev–Trinajstić information content (AvgIpc) is 2.43. The van der Waals surface area contributed by atoms with Crippen LogP contribution in [0.5, 0.6) is 0 Å². The standard InChI is InChI=1S/C17H25N3O2S/c1-11-5-12(2)19-17(16(11)6-18)23-10-15(21)9-20-7-13(3)22-14(4)8-20/h5,13-15,21H,7-10H2,1-4H3/t13-,14-,15+/m0/s1. The van der Waals surface area contributed by atoms with Gasteiger partial charge in [0.25, 0.3) is 0 Å². The van der Waals surface area contributed by atoms with E-state index in [9.17, 15) is 10.4 Å². The van der Waals surface area contributed by atoms with Gasteiger partial charge >= 0.3 is 0 Å². The summed E-state index contributed by atoms with van der Waals surface area (Å²) in [5.41, 5.74) is 2.45. The van der Waals surface area contributed by atoms with Gasteiger partial charge in [-0.1, -0.05) is 0 Å². The zero-order valence-electron chi connectivity index (χ0n) is 14.2.